The van der Waals surface area contributed by atoms with Crippen LogP contribution in [0.4, 0.5) is 11.5 Å². The molecular weight excluding hydrogens is 252 g/mol. The van der Waals surface area contributed by atoms with Crippen molar-refractivity contribution in [3.05, 3.63) is 35.3 Å². The van der Waals surface area contributed by atoms with Gasteiger partial charge >= 0.3 is 0 Å². The van der Waals surface area contributed by atoms with Crippen LogP contribution >= 0.6 is 0 Å². The molecule has 0 fully saturated rings. The number of pyridine rings is 1. The summed E-state index contributed by atoms with van der Waals surface area (Å²) in [6.07, 6.45) is 2.45. The Kier molecular flexibility index (Phi) is 4.20. The van der Waals surface area contributed by atoms with Gasteiger partial charge in [-0.25, -0.2) is 4.98 Å². The van der Waals surface area contributed by atoms with Gasteiger partial charge in [-0.15, -0.1) is 0 Å². The van der Waals surface area contributed by atoms with Gasteiger partial charge in [0.2, 0.25) is 0 Å². The van der Waals surface area contributed by atoms with Gasteiger partial charge < -0.3 is 11.1 Å². The average molecular weight is 270 g/mol. The van der Waals surface area contributed by atoms with E-state index in [1.165, 1.54) is 0 Å². The largest absolute Gasteiger partial charge is 0.397 e. The first-order valence-corrected chi connectivity index (χ1v) is 6.50. The van der Waals surface area contributed by atoms with Crippen molar-refractivity contribution >= 4 is 11.5 Å². The van der Waals surface area contributed by atoms with Crippen LogP contribution in [0.25, 0.3) is 0 Å². The third-order valence-corrected chi connectivity index (χ3v) is 2.97. The molecular formula is C14H18N6. The van der Waals surface area contributed by atoms with Gasteiger partial charge in [-0.1, -0.05) is 0 Å². The average Bonchev–Trinajstić information content (AvgIpc) is 2.74. The summed E-state index contributed by atoms with van der Waals surface area (Å²) in [4.78, 5) is 4.13. The van der Waals surface area contributed by atoms with Gasteiger partial charge in [-0.2, -0.15) is 10.4 Å². The first-order valence-electron chi connectivity index (χ1n) is 6.50. The number of hydrogen-bond acceptors (Lipinski definition) is 5. The minimum Gasteiger partial charge on any atom is -0.397 e. The minimum absolute atomic E-state index is 0.469. The predicted molar refractivity (Wildman–Crippen MR) is 78.2 cm³/mol. The number of rotatable bonds is 5. The van der Waals surface area contributed by atoms with Crippen LogP contribution in [-0.2, 0) is 6.54 Å². The highest BCUT2D eigenvalue weighted by Crippen LogP contribution is 2.14. The van der Waals surface area contributed by atoms with E-state index < -0.39 is 0 Å². The fraction of sp³-hybridized carbons (Fsp3) is 0.357. The van der Waals surface area contributed by atoms with Gasteiger partial charge in [0.05, 0.1) is 23.1 Å². The van der Waals surface area contributed by atoms with Crippen molar-refractivity contribution in [1.29, 1.82) is 5.26 Å². The molecule has 20 heavy (non-hydrogen) atoms. The molecule has 3 N–H and O–H groups in total. The number of hydrogen-bond donors (Lipinski definition) is 2. The molecule has 0 aliphatic carbocycles. The van der Waals surface area contributed by atoms with Crippen LogP contribution in [0.3, 0.4) is 0 Å². The summed E-state index contributed by atoms with van der Waals surface area (Å²) >= 11 is 0. The van der Waals surface area contributed by atoms with Crippen LogP contribution in [0.15, 0.2) is 18.3 Å². The van der Waals surface area contributed by atoms with E-state index in [2.05, 4.69) is 27.5 Å². The van der Waals surface area contributed by atoms with Crippen molar-refractivity contribution in [2.24, 2.45) is 0 Å². The van der Waals surface area contributed by atoms with Gasteiger partial charge in [0.15, 0.2) is 0 Å². The summed E-state index contributed by atoms with van der Waals surface area (Å²) in [5.41, 5.74) is 8.75. The molecule has 0 atom stereocenters. The monoisotopic (exact) mass is 270 g/mol. The molecule has 6 nitrogen and oxygen atoms in total. The Hall–Kier alpha value is -2.55. The Morgan fingerprint density at radius 3 is 2.85 bits per heavy atom. The summed E-state index contributed by atoms with van der Waals surface area (Å²) in [5.74, 6) is 0.579. The first-order chi connectivity index (χ1) is 9.60. The number of anilines is 2. The Labute approximate surface area is 118 Å². The molecule has 2 heterocycles. The fourth-order valence-corrected chi connectivity index (χ4v) is 2.04. The van der Waals surface area contributed by atoms with Crippen molar-refractivity contribution < 1.29 is 0 Å². The van der Waals surface area contributed by atoms with E-state index in [1.54, 1.807) is 12.3 Å². The second kappa shape index (κ2) is 6.06. The van der Waals surface area contributed by atoms with E-state index in [9.17, 15) is 0 Å². The molecule has 2 aromatic heterocycles. The molecule has 2 rings (SSSR count). The topological polar surface area (TPSA) is 92.5 Å². The Morgan fingerprint density at radius 1 is 1.40 bits per heavy atom. The molecule has 0 amide bonds. The van der Waals surface area contributed by atoms with Crippen LogP contribution in [0.2, 0.25) is 0 Å². The van der Waals surface area contributed by atoms with Gasteiger partial charge in [-0.05, 0) is 32.4 Å². The summed E-state index contributed by atoms with van der Waals surface area (Å²) in [6, 6.07) is 5.76. The van der Waals surface area contributed by atoms with Crippen LogP contribution < -0.4 is 11.1 Å². The Balaban J connectivity index is 1.88. The molecule has 0 aliphatic rings. The van der Waals surface area contributed by atoms with Crippen molar-refractivity contribution in [1.82, 2.24) is 14.8 Å². The fourth-order valence-electron chi connectivity index (χ4n) is 2.04. The summed E-state index contributed by atoms with van der Waals surface area (Å²) in [6.45, 7) is 5.59. The lowest BCUT2D eigenvalue weighted by atomic mass is 10.2. The molecule has 0 spiro atoms. The lowest BCUT2D eigenvalue weighted by molar-refractivity contribution is 0.573. The SMILES string of the molecule is Cc1cc(C)n(CCCNc2ncc(N)cc2C#N)n1. The van der Waals surface area contributed by atoms with Crippen LogP contribution in [0, 0.1) is 25.2 Å². The zero-order valence-corrected chi connectivity index (χ0v) is 11.7. The van der Waals surface area contributed by atoms with Crippen LogP contribution in [0.1, 0.15) is 23.4 Å². The molecule has 0 bridgehead atoms. The number of aromatic nitrogens is 3. The smallest absolute Gasteiger partial charge is 0.144 e. The minimum atomic E-state index is 0.469. The first kappa shape index (κ1) is 13.9. The Morgan fingerprint density at radius 2 is 2.20 bits per heavy atom. The number of nitrogens with two attached hydrogens (primary N) is 1. The van der Waals surface area contributed by atoms with Crippen molar-refractivity contribution in [3.8, 4) is 6.07 Å². The van der Waals surface area contributed by atoms with E-state index in [0.29, 0.717) is 17.1 Å². The van der Waals surface area contributed by atoms with E-state index in [1.807, 2.05) is 18.5 Å². The maximum atomic E-state index is 9.02. The number of nitriles is 1. The maximum Gasteiger partial charge on any atom is 0.144 e. The van der Waals surface area contributed by atoms with E-state index in [4.69, 9.17) is 11.0 Å². The van der Waals surface area contributed by atoms with Gasteiger partial charge in [0.1, 0.15) is 11.9 Å². The molecule has 104 valence electrons. The van der Waals surface area contributed by atoms with Gasteiger partial charge in [0, 0.05) is 18.8 Å². The second-order valence-electron chi connectivity index (χ2n) is 4.71. The molecule has 0 unspecified atom stereocenters. The molecule has 2 aromatic rings. The highest BCUT2D eigenvalue weighted by atomic mass is 15.3. The molecule has 0 radical (unpaired) electrons. The zero-order valence-electron chi connectivity index (χ0n) is 11.7. The highest BCUT2D eigenvalue weighted by molar-refractivity contribution is 5.57. The normalized spacial score (nSPS) is 10.2. The predicted octanol–water partition coefficient (Wildman–Crippen LogP) is 1.85. The number of nitrogens with one attached hydrogen (secondary N) is 1. The summed E-state index contributed by atoms with van der Waals surface area (Å²) in [7, 11) is 0. The standard InChI is InChI=1S/C14H18N6/c1-10-6-11(2)20(19-10)5-3-4-17-14-12(8-15)7-13(16)9-18-14/h6-7,9H,3-5,16H2,1-2H3,(H,17,18). The summed E-state index contributed by atoms with van der Waals surface area (Å²) in [5, 5.41) is 16.6. The highest BCUT2D eigenvalue weighted by Gasteiger charge is 2.04. The number of nitrogen functional groups attached to an aromatic ring is 1. The van der Waals surface area contributed by atoms with E-state index in [0.717, 1.165) is 30.9 Å². The molecule has 0 saturated carbocycles. The summed E-state index contributed by atoms with van der Waals surface area (Å²) < 4.78 is 1.98. The van der Waals surface area contributed by atoms with Crippen molar-refractivity contribution in [2.45, 2.75) is 26.8 Å². The van der Waals surface area contributed by atoms with E-state index in [-0.39, 0.29) is 0 Å². The quantitative estimate of drug-likeness (QED) is 0.809. The number of aryl methyl sites for hydroxylation is 3. The zero-order chi connectivity index (χ0) is 14.5. The van der Waals surface area contributed by atoms with Crippen molar-refractivity contribution in [3.63, 3.8) is 0 Å². The molecule has 0 aliphatic heterocycles. The van der Waals surface area contributed by atoms with E-state index >= 15 is 0 Å². The molecule has 0 aromatic carbocycles. The lowest BCUT2D eigenvalue weighted by Crippen LogP contribution is -2.10. The Bertz CT molecular complexity index is 638. The third-order valence-electron chi connectivity index (χ3n) is 2.97. The van der Waals surface area contributed by atoms with Gasteiger partial charge in [0.25, 0.3) is 0 Å². The molecule has 6 heteroatoms. The lowest BCUT2D eigenvalue weighted by Gasteiger charge is -2.08. The van der Waals surface area contributed by atoms with Crippen LogP contribution in [-0.4, -0.2) is 21.3 Å². The number of nitrogens with zero attached hydrogens (tertiary/aromatic N) is 4. The van der Waals surface area contributed by atoms with Crippen molar-refractivity contribution in [2.75, 3.05) is 17.6 Å². The maximum absolute atomic E-state index is 9.02. The van der Waals surface area contributed by atoms with Gasteiger partial charge in [-0.3, -0.25) is 4.68 Å². The third kappa shape index (κ3) is 3.26. The van der Waals surface area contributed by atoms with Crippen LogP contribution in [0.5, 0.6) is 0 Å². The second-order valence-corrected chi connectivity index (χ2v) is 4.71. The molecule has 0 saturated heterocycles.